The number of benzene rings is 2. The summed E-state index contributed by atoms with van der Waals surface area (Å²) in [6, 6.07) is 17.4. The van der Waals surface area contributed by atoms with Gasteiger partial charge in [-0.2, -0.15) is 9.94 Å². The van der Waals surface area contributed by atoms with Crippen LogP contribution >= 0.6 is 11.8 Å². The molecule has 1 N–H and O–H groups in total. The van der Waals surface area contributed by atoms with E-state index in [0.717, 1.165) is 16.4 Å². The van der Waals surface area contributed by atoms with Crippen LogP contribution in [0.4, 0.5) is 0 Å². The van der Waals surface area contributed by atoms with Gasteiger partial charge in [-0.3, -0.25) is 15.0 Å². The lowest BCUT2D eigenvalue weighted by Gasteiger charge is -2.13. The van der Waals surface area contributed by atoms with Crippen LogP contribution in [0.25, 0.3) is 10.9 Å². The Morgan fingerprint density at radius 2 is 1.88 bits per heavy atom. The molecule has 0 bridgehead atoms. The maximum atomic E-state index is 12.7. The first-order valence-electron chi connectivity index (χ1n) is 7.08. The summed E-state index contributed by atoms with van der Waals surface area (Å²) in [5.41, 5.74) is 3.13. The van der Waals surface area contributed by atoms with Crippen LogP contribution in [0.1, 0.15) is 10.4 Å². The molecule has 0 saturated heterocycles. The van der Waals surface area contributed by atoms with Gasteiger partial charge in [0.15, 0.2) is 5.16 Å². The molecule has 1 heterocycles. The Hall–Kier alpha value is -3.11. The number of hydrogen-bond acceptors (Lipinski definition) is 5. The summed E-state index contributed by atoms with van der Waals surface area (Å²) < 4.78 is 1.10. The van der Waals surface area contributed by atoms with Gasteiger partial charge in [0.25, 0.3) is 11.5 Å². The largest absolute Gasteiger partial charge is 0.281 e. The van der Waals surface area contributed by atoms with E-state index in [0.29, 0.717) is 16.5 Å². The molecule has 3 aromatic rings. The van der Waals surface area contributed by atoms with Gasteiger partial charge in [-0.1, -0.05) is 42.1 Å². The first-order chi connectivity index (χ1) is 11.7. The second kappa shape index (κ2) is 6.98. The lowest BCUT2D eigenvalue weighted by atomic mass is 10.2. The molecule has 0 aliphatic heterocycles. The molecule has 0 fully saturated rings. The second-order valence-electron chi connectivity index (χ2n) is 4.81. The van der Waals surface area contributed by atoms with Crippen LogP contribution in [-0.4, -0.2) is 21.3 Å². The quantitative estimate of drug-likeness (QED) is 0.584. The van der Waals surface area contributed by atoms with Crippen molar-refractivity contribution in [2.75, 3.05) is 11.2 Å². The highest BCUT2D eigenvalue weighted by Gasteiger charge is 2.14. The van der Waals surface area contributed by atoms with E-state index in [9.17, 15) is 9.59 Å². The van der Waals surface area contributed by atoms with Gasteiger partial charge in [0.1, 0.15) is 0 Å². The van der Waals surface area contributed by atoms with E-state index in [-0.39, 0.29) is 16.5 Å². The summed E-state index contributed by atoms with van der Waals surface area (Å²) in [6.45, 7) is 0. The molecule has 118 valence electrons. The molecule has 6 nitrogen and oxygen atoms in total. The molecule has 0 atom stereocenters. The van der Waals surface area contributed by atoms with Crippen molar-refractivity contribution in [3.05, 3.63) is 70.5 Å². The number of thioether (sulfide) groups is 1. The van der Waals surface area contributed by atoms with Crippen LogP contribution in [0, 0.1) is 11.3 Å². The summed E-state index contributed by atoms with van der Waals surface area (Å²) in [7, 11) is 0. The smallest absolute Gasteiger partial charge is 0.267 e. The summed E-state index contributed by atoms with van der Waals surface area (Å²) in [6.07, 6.45) is 0. The van der Waals surface area contributed by atoms with Crippen molar-refractivity contribution in [1.29, 1.82) is 5.26 Å². The van der Waals surface area contributed by atoms with Crippen LogP contribution in [0.3, 0.4) is 0 Å². The molecule has 0 aliphatic rings. The normalized spacial score (nSPS) is 10.3. The highest BCUT2D eigenvalue weighted by Crippen LogP contribution is 2.16. The number of rotatable bonds is 4. The highest BCUT2D eigenvalue weighted by molar-refractivity contribution is 7.99. The molecule has 0 radical (unpaired) electrons. The number of carbonyl (C=O) groups is 1. The van der Waals surface area contributed by atoms with E-state index in [4.69, 9.17) is 5.26 Å². The van der Waals surface area contributed by atoms with Gasteiger partial charge in [-0.05, 0) is 24.3 Å². The number of nitriles is 1. The predicted molar refractivity (Wildman–Crippen MR) is 92.5 cm³/mol. The van der Waals surface area contributed by atoms with Crippen LogP contribution in [0.5, 0.6) is 0 Å². The van der Waals surface area contributed by atoms with E-state index < -0.39 is 5.91 Å². The van der Waals surface area contributed by atoms with Crippen molar-refractivity contribution < 1.29 is 4.79 Å². The van der Waals surface area contributed by atoms with Gasteiger partial charge in [0, 0.05) is 5.56 Å². The maximum absolute atomic E-state index is 12.7. The minimum atomic E-state index is -0.423. The molecule has 1 amide bonds. The molecule has 7 heteroatoms. The fourth-order valence-electron chi connectivity index (χ4n) is 2.16. The van der Waals surface area contributed by atoms with Crippen molar-refractivity contribution in [2.24, 2.45) is 0 Å². The summed E-state index contributed by atoms with van der Waals surface area (Å²) in [5.74, 6) is -0.306. The zero-order valence-corrected chi connectivity index (χ0v) is 13.3. The number of nitrogens with zero attached hydrogens (tertiary/aromatic N) is 3. The number of nitrogens with one attached hydrogen (secondary N) is 1. The third kappa shape index (κ3) is 3.14. The van der Waals surface area contributed by atoms with Crippen molar-refractivity contribution in [2.45, 2.75) is 5.16 Å². The standard InChI is InChI=1S/C17H12N4O2S/c18-10-11-24-17-19-14-9-5-4-8-13(14)16(23)21(17)20-15(22)12-6-2-1-3-7-12/h1-9H,11H2,(H,20,22). The third-order valence-electron chi connectivity index (χ3n) is 3.26. The number of hydrogen-bond donors (Lipinski definition) is 1. The van der Waals surface area contributed by atoms with Crippen molar-refractivity contribution in [1.82, 2.24) is 9.66 Å². The van der Waals surface area contributed by atoms with Gasteiger partial charge in [0.2, 0.25) is 0 Å². The fraction of sp³-hybridized carbons (Fsp3) is 0.0588. The Balaban J connectivity index is 2.07. The van der Waals surface area contributed by atoms with Crippen LogP contribution in [0.15, 0.2) is 64.5 Å². The first kappa shape index (κ1) is 15.8. The Morgan fingerprint density at radius 1 is 1.17 bits per heavy atom. The highest BCUT2D eigenvalue weighted by atomic mass is 32.2. The first-order valence-corrected chi connectivity index (χ1v) is 8.07. The minimum absolute atomic E-state index is 0.117. The SMILES string of the molecule is N#CCSc1nc2ccccc2c(=O)n1NC(=O)c1ccccc1. The Labute approximate surface area is 141 Å². The topological polar surface area (TPSA) is 87.8 Å². The fourth-order valence-corrected chi connectivity index (χ4v) is 2.77. The number of para-hydroxylation sites is 1. The van der Waals surface area contributed by atoms with E-state index in [1.807, 2.05) is 6.07 Å². The van der Waals surface area contributed by atoms with Gasteiger partial charge >= 0.3 is 0 Å². The molecule has 2 aromatic carbocycles. The Bertz CT molecular complexity index is 993. The lowest BCUT2D eigenvalue weighted by molar-refractivity contribution is 0.100. The molecular weight excluding hydrogens is 324 g/mol. The lowest BCUT2D eigenvalue weighted by Crippen LogP contribution is -2.35. The summed E-state index contributed by atoms with van der Waals surface area (Å²) in [5, 5.41) is 9.45. The Morgan fingerprint density at radius 3 is 2.62 bits per heavy atom. The number of amides is 1. The van der Waals surface area contributed by atoms with Crippen LogP contribution in [0.2, 0.25) is 0 Å². The maximum Gasteiger partial charge on any atom is 0.281 e. The molecule has 3 rings (SSSR count). The van der Waals surface area contributed by atoms with Gasteiger partial charge < -0.3 is 0 Å². The van der Waals surface area contributed by atoms with Crippen molar-refractivity contribution in [3.8, 4) is 6.07 Å². The van der Waals surface area contributed by atoms with Gasteiger partial charge in [-0.15, -0.1) is 0 Å². The third-order valence-corrected chi connectivity index (χ3v) is 4.07. The zero-order chi connectivity index (χ0) is 16.9. The molecule has 1 aromatic heterocycles. The molecule has 0 unspecified atom stereocenters. The van der Waals surface area contributed by atoms with E-state index >= 15 is 0 Å². The van der Waals surface area contributed by atoms with Crippen LogP contribution < -0.4 is 11.0 Å². The van der Waals surface area contributed by atoms with Gasteiger partial charge in [0.05, 0.1) is 22.7 Å². The number of aromatic nitrogens is 2. The average molecular weight is 336 g/mol. The monoisotopic (exact) mass is 336 g/mol. The van der Waals surface area contributed by atoms with Crippen molar-refractivity contribution >= 4 is 28.6 Å². The molecule has 24 heavy (non-hydrogen) atoms. The summed E-state index contributed by atoms with van der Waals surface area (Å²) in [4.78, 5) is 29.4. The van der Waals surface area contributed by atoms with Crippen molar-refractivity contribution in [3.63, 3.8) is 0 Å². The Kier molecular flexibility index (Phi) is 4.59. The second-order valence-corrected chi connectivity index (χ2v) is 5.75. The predicted octanol–water partition coefficient (Wildman–Crippen LogP) is 2.40. The number of carbonyl (C=O) groups excluding carboxylic acids is 1. The molecule has 0 spiro atoms. The average Bonchev–Trinajstić information content (AvgIpc) is 2.63. The summed E-state index contributed by atoms with van der Waals surface area (Å²) >= 11 is 1.09. The van der Waals surface area contributed by atoms with E-state index in [2.05, 4.69) is 10.4 Å². The van der Waals surface area contributed by atoms with Gasteiger partial charge in [-0.25, -0.2) is 4.98 Å². The molecular formula is C17H12N4O2S. The molecule has 0 aliphatic carbocycles. The zero-order valence-electron chi connectivity index (χ0n) is 12.5. The van der Waals surface area contributed by atoms with Crippen LogP contribution in [-0.2, 0) is 0 Å². The minimum Gasteiger partial charge on any atom is -0.267 e. The molecule has 0 saturated carbocycles. The van der Waals surface area contributed by atoms with E-state index in [1.54, 1.807) is 54.6 Å². The van der Waals surface area contributed by atoms with E-state index in [1.165, 1.54) is 0 Å². The number of fused-ring (bicyclic) bond motifs is 1.